The molecule has 0 bridgehead atoms. The Morgan fingerprint density at radius 2 is 0.800 bits per heavy atom. The minimum atomic E-state index is -1.17. The van der Waals surface area contributed by atoms with Crippen molar-refractivity contribution in [2.45, 2.75) is 257 Å². The van der Waals surface area contributed by atoms with Crippen molar-refractivity contribution in [3.63, 3.8) is 0 Å². The van der Waals surface area contributed by atoms with Crippen LogP contribution in [0.3, 0.4) is 0 Å². The monoisotopic (exact) mass is 772 g/mol. The Morgan fingerprint density at radius 1 is 0.455 bits per heavy atom. The van der Waals surface area contributed by atoms with Gasteiger partial charge in [-0.15, -0.1) is 0 Å². The lowest BCUT2D eigenvalue weighted by Crippen LogP contribution is -2.50. The zero-order chi connectivity index (χ0) is 40.1. The van der Waals surface area contributed by atoms with Gasteiger partial charge in [-0.2, -0.15) is 0 Å². The molecule has 3 atom stereocenters. The highest BCUT2D eigenvalue weighted by Crippen LogP contribution is 2.14. The molecule has 5 heteroatoms. The van der Waals surface area contributed by atoms with E-state index in [1.54, 1.807) is 0 Å². The van der Waals surface area contributed by atoms with Crippen LogP contribution in [0.1, 0.15) is 239 Å². The Labute approximate surface area is 342 Å². The highest BCUT2D eigenvalue weighted by molar-refractivity contribution is 5.76. The van der Waals surface area contributed by atoms with Gasteiger partial charge in [0.15, 0.2) is 0 Å². The van der Waals surface area contributed by atoms with E-state index in [4.69, 9.17) is 0 Å². The summed E-state index contributed by atoms with van der Waals surface area (Å²) in [6.45, 7) is 4.16. The molecule has 3 unspecified atom stereocenters. The van der Waals surface area contributed by atoms with Gasteiger partial charge >= 0.3 is 0 Å². The Bertz CT molecular complexity index is 896. The molecule has 0 aromatic heterocycles. The van der Waals surface area contributed by atoms with E-state index in [2.05, 4.69) is 67.8 Å². The van der Waals surface area contributed by atoms with Gasteiger partial charge in [0.2, 0.25) is 5.91 Å². The van der Waals surface area contributed by atoms with E-state index in [-0.39, 0.29) is 12.5 Å². The zero-order valence-corrected chi connectivity index (χ0v) is 36.6. The quantitative estimate of drug-likeness (QED) is 0.0367. The van der Waals surface area contributed by atoms with E-state index in [0.29, 0.717) is 12.8 Å². The number of hydrogen-bond donors (Lipinski definition) is 4. The number of amides is 1. The SMILES string of the molecule is CCCCCCCCCCC/C=C\C/C=C\CCCCCCCCCC(=O)NC(CO)C(O)C(O)CCC/C=C/CC/C=C/CCCCCCCCCCC. The Morgan fingerprint density at radius 3 is 1.22 bits per heavy atom. The molecular formula is C50H93NO4. The summed E-state index contributed by atoms with van der Waals surface area (Å²) < 4.78 is 0. The molecule has 0 aliphatic carbocycles. The lowest BCUT2D eigenvalue weighted by Gasteiger charge is -2.26. The van der Waals surface area contributed by atoms with Crippen LogP contribution in [-0.4, -0.2) is 46.1 Å². The second-order valence-corrected chi connectivity index (χ2v) is 16.3. The summed E-state index contributed by atoms with van der Waals surface area (Å²) >= 11 is 0. The van der Waals surface area contributed by atoms with Gasteiger partial charge in [0, 0.05) is 6.42 Å². The van der Waals surface area contributed by atoms with E-state index in [0.717, 1.165) is 57.8 Å². The van der Waals surface area contributed by atoms with Crippen molar-refractivity contribution < 1.29 is 20.1 Å². The maximum Gasteiger partial charge on any atom is 0.220 e. The third kappa shape index (κ3) is 40.3. The molecule has 322 valence electrons. The Balaban J connectivity index is 3.69. The topological polar surface area (TPSA) is 89.8 Å². The van der Waals surface area contributed by atoms with Gasteiger partial charge in [-0.05, 0) is 83.5 Å². The van der Waals surface area contributed by atoms with Gasteiger partial charge in [0.05, 0.1) is 18.8 Å². The van der Waals surface area contributed by atoms with Gasteiger partial charge in [-0.1, -0.05) is 197 Å². The fourth-order valence-electron chi connectivity index (χ4n) is 7.15. The molecule has 0 spiro atoms. The van der Waals surface area contributed by atoms with Gasteiger partial charge in [0.25, 0.3) is 0 Å². The molecule has 0 aromatic rings. The highest BCUT2D eigenvalue weighted by Gasteiger charge is 2.26. The predicted octanol–water partition coefficient (Wildman–Crippen LogP) is 14.1. The van der Waals surface area contributed by atoms with Crippen LogP contribution in [0.25, 0.3) is 0 Å². The number of hydrogen-bond acceptors (Lipinski definition) is 4. The second-order valence-electron chi connectivity index (χ2n) is 16.3. The van der Waals surface area contributed by atoms with Crippen molar-refractivity contribution >= 4 is 5.91 Å². The van der Waals surface area contributed by atoms with Crippen molar-refractivity contribution in [2.24, 2.45) is 0 Å². The molecule has 55 heavy (non-hydrogen) atoms. The number of rotatable bonds is 43. The van der Waals surface area contributed by atoms with Gasteiger partial charge in [0.1, 0.15) is 6.10 Å². The van der Waals surface area contributed by atoms with Crippen molar-refractivity contribution in [1.82, 2.24) is 5.32 Å². The smallest absolute Gasteiger partial charge is 0.220 e. The second kappa shape index (κ2) is 45.0. The summed E-state index contributed by atoms with van der Waals surface area (Å²) in [5.41, 5.74) is 0. The van der Waals surface area contributed by atoms with Crippen LogP contribution in [0, 0.1) is 0 Å². The van der Waals surface area contributed by atoms with Crippen molar-refractivity contribution in [2.75, 3.05) is 6.61 Å². The maximum atomic E-state index is 12.5. The van der Waals surface area contributed by atoms with Crippen LogP contribution >= 0.6 is 0 Å². The van der Waals surface area contributed by atoms with Crippen molar-refractivity contribution in [1.29, 1.82) is 0 Å². The first kappa shape index (κ1) is 53.3. The van der Waals surface area contributed by atoms with Crippen LogP contribution in [0.4, 0.5) is 0 Å². The first-order valence-corrected chi connectivity index (χ1v) is 23.9. The first-order chi connectivity index (χ1) is 27.1. The van der Waals surface area contributed by atoms with E-state index in [1.165, 1.54) is 154 Å². The molecule has 0 saturated heterocycles. The van der Waals surface area contributed by atoms with Crippen LogP contribution in [-0.2, 0) is 4.79 Å². The number of unbranched alkanes of at least 4 members (excludes halogenated alkanes) is 27. The Hall–Kier alpha value is -1.69. The van der Waals surface area contributed by atoms with E-state index >= 15 is 0 Å². The van der Waals surface area contributed by atoms with Gasteiger partial charge < -0.3 is 20.6 Å². The number of carbonyl (C=O) groups excluding carboxylic acids is 1. The molecule has 0 aliphatic rings. The molecule has 4 N–H and O–H groups in total. The minimum Gasteiger partial charge on any atom is -0.394 e. The molecule has 0 aromatic carbocycles. The summed E-state index contributed by atoms with van der Waals surface area (Å²) in [5.74, 6) is -0.166. The molecule has 0 radical (unpaired) electrons. The van der Waals surface area contributed by atoms with Crippen molar-refractivity contribution in [3.05, 3.63) is 48.6 Å². The van der Waals surface area contributed by atoms with Gasteiger partial charge in [-0.3, -0.25) is 4.79 Å². The first-order valence-electron chi connectivity index (χ1n) is 23.9. The molecule has 0 heterocycles. The number of aliphatic hydroxyl groups is 3. The average Bonchev–Trinajstić information content (AvgIpc) is 3.19. The molecule has 0 rings (SSSR count). The fraction of sp³-hybridized carbons (Fsp3) is 0.820. The lowest BCUT2D eigenvalue weighted by atomic mass is 10.0. The lowest BCUT2D eigenvalue weighted by molar-refractivity contribution is -0.124. The number of allylic oxidation sites excluding steroid dienone is 8. The minimum absolute atomic E-state index is 0.166. The molecule has 0 saturated carbocycles. The van der Waals surface area contributed by atoms with Crippen LogP contribution in [0.5, 0.6) is 0 Å². The number of carbonyl (C=O) groups is 1. The third-order valence-electron chi connectivity index (χ3n) is 10.9. The molecule has 1 amide bonds. The summed E-state index contributed by atoms with van der Waals surface area (Å²) in [5, 5.41) is 33.6. The van der Waals surface area contributed by atoms with E-state index in [1.807, 2.05) is 0 Å². The normalized spacial score (nSPS) is 13.9. The fourth-order valence-corrected chi connectivity index (χ4v) is 7.15. The predicted molar refractivity (Wildman–Crippen MR) is 241 cm³/mol. The standard InChI is InChI=1S/C50H93NO4/c1-3-5-7-9-11-13-15-17-19-21-23-24-25-26-27-29-31-33-35-37-39-41-43-45-49(54)51-47(46-52)50(55)48(53)44-42-40-38-36-34-32-30-28-22-20-18-16-14-12-10-8-6-4-2/h23-24,26-28,30,36,38,47-48,50,52-53,55H,3-22,25,29,31-35,37,39-46H2,1-2H3,(H,51,54)/b24-23-,27-26-,30-28+,38-36+. The van der Waals surface area contributed by atoms with Crippen molar-refractivity contribution in [3.8, 4) is 0 Å². The van der Waals surface area contributed by atoms with E-state index < -0.39 is 18.2 Å². The van der Waals surface area contributed by atoms with Crippen LogP contribution in [0.2, 0.25) is 0 Å². The largest absolute Gasteiger partial charge is 0.394 e. The number of nitrogens with one attached hydrogen (secondary N) is 1. The molecule has 0 aliphatic heterocycles. The summed E-state index contributed by atoms with van der Waals surface area (Å²) in [7, 11) is 0. The summed E-state index contributed by atoms with van der Waals surface area (Å²) in [6.07, 6.45) is 58.0. The third-order valence-corrected chi connectivity index (χ3v) is 10.9. The van der Waals surface area contributed by atoms with E-state index in [9.17, 15) is 20.1 Å². The molecule has 5 nitrogen and oxygen atoms in total. The Kier molecular flexibility index (Phi) is 43.6. The maximum absolute atomic E-state index is 12.5. The highest BCUT2D eigenvalue weighted by atomic mass is 16.3. The van der Waals surface area contributed by atoms with Gasteiger partial charge in [-0.25, -0.2) is 0 Å². The van der Waals surface area contributed by atoms with Crippen LogP contribution < -0.4 is 5.32 Å². The number of aliphatic hydroxyl groups excluding tert-OH is 3. The summed E-state index contributed by atoms with van der Waals surface area (Å²) in [4.78, 5) is 12.5. The molecular weight excluding hydrogens is 679 g/mol. The molecule has 0 fully saturated rings. The van der Waals surface area contributed by atoms with Crippen LogP contribution in [0.15, 0.2) is 48.6 Å². The average molecular weight is 772 g/mol. The summed E-state index contributed by atoms with van der Waals surface area (Å²) in [6, 6.07) is -0.838. The zero-order valence-electron chi connectivity index (χ0n) is 36.6.